The zero-order valence-corrected chi connectivity index (χ0v) is 14.0. The molecule has 1 saturated heterocycles. The van der Waals surface area contributed by atoms with Gasteiger partial charge in [0.1, 0.15) is 11.6 Å². The van der Waals surface area contributed by atoms with E-state index in [1.165, 1.54) is 42.5 Å². The number of hydrogen-bond acceptors (Lipinski definition) is 3. The Balaban J connectivity index is 1.73. The quantitative estimate of drug-likeness (QED) is 0.650. The van der Waals surface area contributed by atoms with E-state index in [1.54, 1.807) is 0 Å². The van der Waals surface area contributed by atoms with E-state index >= 15 is 0 Å². The van der Waals surface area contributed by atoms with Crippen LogP contribution in [0.25, 0.3) is 0 Å². The minimum atomic E-state index is -0.498. The highest BCUT2D eigenvalue weighted by Gasteiger charge is 2.16. The molecule has 0 bridgehead atoms. The molecular weight excluding hydrogens is 340 g/mol. The second-order valence-corrected chi connectivity index (χ2v) is 5.92. The highest BCUT2D eigenvalue weighted by Crippen LogP contribution is 2.13. The van der Waals surface area contributed by atoms with Crippen molar-refractivity contribution < 1.29 is 18.3 Å². The van der Waals surface area contributed by atoms with Crippen molar-refractivity contribution in [2.24, 2.45) is 4.99 Å². The molecule has 0 spiro atoms. The lowest BCUT2D eigenvalue weighted by Gasteiger charge is -2.13. The van der Waals surface area contributed by atoms with Gasteiger partial charge in [0.25, 0.3) is 5.91 Å². The van der Waals surface area contributed by atoms with Crippen LogP contribution in [0.2, 0.25) is 0 Å². The van der Waals surface area contributed by atoms with E-state index in [1.807, 2.05) is 0 Å². The number of benzene rings is 2. The van der Waals surface area contributed by atoms with E-state index in [-0.39, 0.29) is 23.4 Å². The molecule has 0 aliphatic carbocycles. The van der Waals surface area contributed by atoms with Crippen LogP contribution >= 0.6 is 0 Å². The van der Waals surface area contributed by atoms with Crippen molar-refractivity contribution in [3.05, 3.63) is 65.7 Å². The number of nitrogens with one attached hydrogen (secondary N) is 2. The Morgan fingerprint density at radius 3 is 2.65 bits per heavy atom. The van der Waals surface area contributed by atoms with Crippen molar-refractivity contribution >= 4 is 17.6 Å². The molecule has 0 aromatic heterocycles. The van der Waals surface area contributed by atoms with Crippen molar-refractivity contribution in [2.75, 3.05) is 18.5 Å². The summed E-state index contributed by atoms with van der Waals surface area (Å²) in [5.41, 5.74) is 0.743. The molecule has 136 valence electrons. The Labute approximate surface area is 150 Å². The topological polar surface area (TPSA) is 62.7 Å². The smallest absolute Gasteiger partial charge is 0.258 e. The molecule has 5 nitrogen and oxygen atoms in total. The molecule has 1 aliphatic heterocycles. The number of carbonyl (C=O) groups is 1. The average Bonchev–Trinajstić information content (AvgIpc) is 3.15. The zero-order chi connectivity index (χ0) is 18.4. The van der Waals surface area contributed by atoms with E-state index in [2.05, 4.69) is 15.6 Å². The fourth-order valence-corrected chi connectivity index (χ4v) is 2.57. The third kappa shape index (κ3) is 5.10. The van der Waals surface area contributed by atoms with Crippen LogP contribution in [0.5, 0.6) is 0 Å². The predicted molar refractivity (Wildman–Crippen MR) is 95.2 cm³/mol. The van der Waals surface area contributed by atoms with Crippen molar-refractivity contribution in [2.45, 2.75) is 18.9 Å². The summed E-state index contributed by atoms with van der Waals surface area (Å²) in [6, 6.07) is 11.0. The normalized spacial score (nSPS) is 17.2. The summed E-state index contributed by atoms with van der Waals surface area (Å²) >= 11 is 0. The standard InChI is InChI=1S/C19H19F2N3O2/c20-14-6-8-16(9-7-14)23-19(22-12-17-5-2-10-26-17)24-18(25)13-3-1-4-15(21)11-13/h1,3-4,6-9,11,17H,2,5,10,12H2,(H2,22,23,24,25). The lowest BCUT2D eigenvalue weighted by molar-refractivity contribution is 0.0975. The highest BCUT2D eigenvalue weighted by molar-refractivity contribution is 6.09. The molecule has 7 heteroatoms. The minimum absolute atomic E-state index is 0.00564. The molecular formula is C19H19F2N3O2. The number of nitrogens with zero attached hydrogens (tertiary/aromatic N) is 1. The molecule has 1 amide bonds. The largest absolute Gasteiger partial charge is 0.376 e. The van der Waals surface area contributed by atoms with Gasteiger partial charge in [-0.1, -0.05) is 6.07 Å². The van der Waals surface area contributed by atoms with Crippen LogP contribution in [-0.2, 0) is 4.74 Å². The summed E-state index contributed by atoms with van der Waals surface area (Å²) in [7, 11) is 0. The zero-order valence-electron chi connectivity index (χ0n) is 14.0. The maximum atomic E-state index is 13.3. The van der Waals surface area contributed by atoms with Gasteiger partial charge in [-0.3, -0.25) is 10.1 Å². The van der Waals surface area contributed by atoms with Crippen LogP contribution in [-0.4, -0.2) is 31.1 Å². The highest BCUT2D eigenvalue weighted by atomic mass is 19.1. The first-order valence-corrected chi connectivity index (χ1v) is 8.36. The van der Waals surface area contributed by atoms with Gasteiger partial charge in [0.15, 0.2) is 0 Å². The molecule has 2 aromatic carbocycles. The number of ether oxygens (including phenoxy) is 1. The van der Waals surface area contributed by atoms with Gasteiger partial charge in [-0.2, -0.15) is 0 Å². The Morgan fingerprint density at radius 2 is 1.96 bits per heavy atom. The third-order valence-corrected chi connectivity index (χ3v) is 3.90. The van der Waals surface area contributed by atoms with E-state index in [9.17, 15) is 13.6 Å². The molecule has 2 aromatic rings. The average molecular weight is 359 g/mol. The van der Waals surface area contributed by atoms with Gasteiger partial charge in [0.05, 0.1) is 12.6 Å². The third-order valence-electron chi connectivity index (χ3n) is 3.90. The molecule has 1 unspecified atom stereocenters. The van der Waals surface area contributed by atoms with Crippen molar-refractivity contribution in [3.8, 4) is 0 Å². The van der Waals surface area contributed by atoms with E-state index in [4.69, 9.17) is 4.74 Å². The van der Waals surface area contributed by atoms with Gasteiger partial charge < -0.3 is 10.1 Å². The first kappa shape index (κ1) is 18.0. The summed E-state index contributed by atoms with van der Waals surface area (Å²) in [5, 5.41) is 5.58. The minimum Gasteiger partial charge on any atom is -0.376 e. The van der Waals surface area contributed by atoms with Crippen molar-refractivity contribution in [1.29, 1.82) is 0 Å². The summed E-state index contributed by atoms with van der Waals surface area (Å²) in [4.78, 5) is 16.7. The summed E-state index contributed by atoms with van der Waals surface area (Å²) in [6.07, 6.45) is 1.90. The van der Waals surface area contributed by atoms with Gasteiger partial charge in [0.2, 0.25) is 5.96 Å². The maximum absolute atomic E-state index is 13.3. The van der Waals surface area contributed by atoms with Crippen LogP contribution in [0.4, 0.5) is 14.5 Å². The molecule has 0 radical (unpaired) electrons. The van der Waals surface area contributed by atoms with Gasteiger partial charge in [0, 0.05) is 17.9 Å². The fraction of sp³-hybridized carbons (Fsp3) is 0.263. The van der Waals surface area contributed by atoms with Gasteiger partial charge >= 0.3 is 0 Å². The Kier molecular flexibility index (Phi) is 5.91. The molecule has 1 atom stereocenters. The number of guanidine groups is 1. The molecule has 0 saturated carbocycles. The summed E-state index contributed by atoms with van der Waals surface area (Å²) < 4.78 is 31.9. The second-order valence-electron chi connectivity index (χ2n) is 5.92. The lowest BCUT2D eigenvalue weighted by atomic mass is 10.2. The molecule has 3 rings (SSSR count). The summed E-state index contributed by atoms with van der Waals surface area (Å²) in [6.45, 7) is 1.09. The Hall–Kier alpha value is -2.80. The van der Waals surface area contributed by atoms with E-state index < -0.39 is 11.7 Å². The predicted octanol–water partition coefficient (Wildman–Crippen LogP) is 3.34. The number of anilines is 1. The van der Waals surface area contributed by atoms with Crippen molar-refractivity contribution in [1.82, 2.24) is 5.32 Å². The van der Waals surface area contributed by atoms with Crippen LogP contribution in [0, 0.1) is 11.6 Å². The maximum Gasteiger partial charge on any atom is 0.258 e. The SMILES string of the molecule is O=C(NC(=NCC1CCCO1)Nc1ccc(F)cc1)c1cccc(F)c1. The Bertz CT molecular complexity index is 788. The number of rotatable bonds is 4. The van der Waals surface area contributed by atoms with Gasteiger partial charge in [-0.25, -0.2) is 13.8 Å². The lowest BCUT2D eigenvalue weighted by Crippen LogP contribution is -2.36. The monoisotopic (exact) mass is 359 g/mol. The number of halogens is 2. The number of aliphatic imine (C=N–C) groups is 1. The number of carbonyl (C=O) groups excluding carboxylic acids is 1. The fourth-order valence-electron chi connectivity index (χ4n) is 2.57. The molecule has 1 heterocycles. The van der Waals surface area contributed by atoms with E-state index in [0.29, 0.717) is 18.8 Å². The molecule has 2 N–H and O–H groups in total. The Morgan fingerprint density at radius 1 is 1.15 bits per heavy atom. The number of hydrogen-bond donors (Lipinski definition) is 2. The van der Waals surface area contributed by atoms with Crippen LogP contribution < -0.4 is 10.6 Å². The van der Waals surface area contributed by atoms with Gasteiger partial charge in [-0.05, 0) is 55.3 Å². The first-order valence-electron chi connectivity index (χ1n) is 8.36. The van der Waals surface area contributed by atoms with Gasteiger partial charge in [-0.15, -0.1) is 0 Å². The summed E-state index contributed by atoms with van der Waals surface area (Å²) in [5.74, 6) is -1.16. The number of amides is 1. The van der Waals surface area contributed by atoms with E-state index in [0.717, 1.165) is 18.9 Å². The molecule has 26 heavy (non-hydrogen) atoms. The van der Waals surface area contributed by atoms with Crippen LogP contribution in [0.3, 0.4) is 0 Å². The van der Waals surface area contributed by atoms with Crippen LogP contribution in [0.1, 0.15) is 23.2 Å². The van der Waals surface area contributed by atoms with Crippen molar-refractivity contribution in [3.63, 3.8) is 0 Å². The second kappa shape index (κ2) is 8.53. The molecule has 1 fully saturated rings. The first-order chi connectivity index (χ1) is 12.6. The van der Waals surface area contributed by atoms with Crippen LogP contribution in [0.15, 0.2) is 53.5 Å². The molecule has 1 aliphatic rings.